The average molecular weight is 361 g/mol. The Morgan fingerprint density at radius 3 is 2.65 bits per heavy atom. The molecule has 2 N–H and O–H groups in total. The first kappa shape index (κ1) is 20.4. The standard InChI is InChI=1S/C20H31N3O3/c1-14-7-8-17(12-15(14)2)21-20(26)16(3)23-10-5-6-18(9-11-23)22(4)13-19(24)25/h7-8,12,16,18H,5-6,9-11,13H2,1-4H3,(H,21,26)(H,24,25). The smallest absolute Gasteiger partial charge is 0.317 e. The maximum absolute atomic E-state index is 12.6. The third kappa shape index (κ3) is 5.54. The van der Waals surface area contributed by atoms with E-state index < -0.39 is 5.97 Å². The number of carbonyl (C=O) groups is 2. The first-order valence-electron chi connectivity index (χ1n) is 9.32. The van der Waals surface area contributed by atoms with Gasteiger partial charge < -0.3 is 10.4 Å². The third-order valence-electron chi connectivity index (χ3n) is 5.44. The van der Waals surface area contributed by atoms with Gasteiger partial charge in [-0.2, -0.15) is 0 Å². The topological polar surface area (TPSA) is 72.9 Å². The van der Waals surface area contributed by atoms with Crippen LogP contribution in [-0.2, 0) is 9.59 Å². The zero-order chi connectivity index (χ0) is 19.3. The lowest BCUT2D eigenvalue weighted by Crippen LogP contribution is -2.43. The molecular formula is C20H31N3O3. The number of nitrogens with one attached hydrogen (secondary N) is 1. The molecule has 0 bridgehead atoms. The highest BCUT2D eigenvalue weighted by Gasteiger charge is 2.27. The molecule has 6 nitrogen and oxygen atoms in total. The van der Waals surface area contributed by atoms with Crippen molar-refractivity contribution in [2.75, 3.05) is 32.0 Å². The highest BCUT2D eigenvalue weighted by Crippen LogP contribution is 2.19. The fraction of sp³-hybridized carbons (Fsp3) is 0.600. The zero-order valence-electron chi connectivity index (χ0n) is 16.3. The number of aryl methyl sites for hydroxylation is 2. The Morgan fingerprint density at radius 1 is 1.27 bits per heavy atom. The van der Waals surface area contributed by atoms with Gasteiger partial charge in [-0.3, -0.25) is 19.4 Å². The largest absolute Gasteiger partial charge is 0.480 e. The van der Waals surface area contributed by atoms with Crippen LogP contribution in [-0.4, -0.2) is 65.5 Å². The van der Waals surface area contributed by atoms with Gasteiger partial charge in [0.25, 0.3) is 0 Å². The minimum absolute atomic E-state index is 0.00518. The zero-order valence-corrected chi connectivity index (χ0v) is 16.3. The predicted octanol–water partition coefficient (Wildman–Crippen LogP) is 2.50. The number of benzene rings is 1. The van der Waals surface area contributed by atoms with Crippen LogP contribution in [0.15, 0.2) is 18.2 Å². The van der Waals surface area contributed by atoms with E-state index in [9.17, 15) is 9.59 Å². The lowest BCUT2D eigenvalue weighted by Gasteiger charge is -2.28. The number of rotatable bonds is 6. The van der Waals surface area contributed by atoms with E-state index in [1.54, 1.807) is 0 Å². The minimum atomic E-state index is -0.797. The summed E-state index contributed by atoms with van der Waals surface area (Å²) in [6.07, 6.45) is 2.81. The molecule has 1 fully saturated rings. The first-order chi connectivity index (χ1) is 12.3. The van der Waals surface area contributed by atoms with Crippen molar-refractivity contribution in [1.29, 1.82) is 0 Å². The van der Waals surface area contributed by atoms with E-state index >= 15 is 0 Å². The lowest BCUT2D eigenvalue weighted by atomic mass is 10.1. The SMILES string of the molecule is Cc1ccc(NC(=O)C(C)N2CCCC(N(C)CC(=O)O)CC2)cc1C. The number of nitrogens with zero attached hydrogens (tertiary/aromatic N) is 2. The summed E-state index contributed by atoms with van der Waals surface area (Å²) in [5.41, 5.74) is 3.20. The number of amides is 1. The molecule has 26 heavy (non-hydrogen) atoms. The van der Waals surface area contributed by atoms with Crippen LogP contribution >= 0.6 is 0 Å². The molecule has 0 spiro atoms. The van der Waals surface area contributed by atoms with Gasteiger partial charge in [-0.15, -0.1) is 0 Å². The number of hydrogen-bond donors (Lipinski definition) is 2. The number of carboxylic acids is 1. The molecule has 1 aliphatic heterocycles. The molecule has 0 saturated carbocycles. The molecule has 1 aliphatic rings. The Morgan fingerprint density at radius 2 is 2.00 bits per heavy atom. The summed E-state index contributed by atoms with van der Waals surface area (Å²) < 4.78 is 0. The second kappa shape index (κ2) is 9.14. The molecule has 0 aliphatic carbocycles. The third-order valence-corrected chi connectivity index (χ3v) is 5.44. The van der Waals surface area contributed by atoms with E-state index in [4.69, 9.17) is 5.11 Å². The number of carbonyl (C=O) groups excluding carboxylic acids is 1. The van der Waals surface area contributed by atoms with Crippen LogP contribution in [0.4, 0.5) is 5.69 Å². The van der Waals surface area contributed by atoms with Gasteiger partial charge in [0.15, 0.2) is 0 Å². The molecule has 1 aromatic rings. The summed E-state index contributed by atoms with van der Waals surface area (Å²) in [5.74, 6) is -0.791. The van der Waals surface area contributed by atoms with E-state index in [1.807, 2.05) is 44.0 Å². The molecule has 2 rings (SSSR count). The summed E-state index contributed by atoms with van der Waals surface area (Å²) in [4.78, 5) is 27.7. The number of likely N-dealkylation sites (tertiary alicyclic amines) is 1. The van der Waals surface area contributed by atoms with Crippen LogP contribution in [0.25, 0.3) is 0 Å². The van der Waals surface area contributed by atoms with Crippen molar-refractivity contribution < 1.29 is 14.7 Å². The highest BCUT2D eigenvalue weighted by molar-refractivity contribution is 5.94. The molecule has 2 atom stereocenters. The average Bonchev–Trinajstić information content (AvgIpc) is 2.83. The molecule has 1 amide bonds. The minimum Gasteiger partial charge on any atom is -0.480 e. The summed E-state index contributed by atoms with van der Waals surface area (Å²) in [5, 5.41) is 12.0. The Kier molecular flexibility index (Phi) is 7.17. The van der Waals surface area contributed by atoms with Gasteiger partial charge in [-0.1, -0.05) is 6.07 Å². The van der Waals surface area contributed by atoms with E-state index in [2.05, 4.69) is 17.1 Å². The maximum Gasteiger partial charge on any atom is 0.317 e. The van der Waals surface area contributed by atoms with Gasteiger partial charge in [0, 0.05) is 18.3 Å². The Labute approximate surface area is 156 Å². The van der Waals surface area contributed by atoms with Crippen molar-refractivity contribution in [1.82, 2.24) is 9.80 Å². The summed E-state index contributed by atoms with van der Waals surface area (Å²) in [6, 6.07) is 6.00. The van der Waals surface area contributed by atoms with Gasteiger partial charge in [0.2, 0.25) is 5.91 Å². The number of carboxylic acid groups (broad SMARTS) is 1. The molecule has 144 valence electrons. The summed E-state index contributed by atoms with van der Waals surface area (Å²) in [6.45, 7) is 7.76. The van der Waals surface area contributed by atoms with Crippen LogP contribution < -0.4 is 5.32 Å². The molecule has 6 heteroatoms. The van der Waals surface area contributed by atoms with E-state index in [1.165, 1.54) is 5.56 Å². The van der Waals surface area contributed by atoms with Gasteiger partial charge in [0.05, 0.1) is 12.6 Å². The van der Waals surface area contributed by atoms with Crippen molar-refractivity contribution in [2.24, 2.45) is 0 Å². The molecule has 1 saturated heterocycles. The Bertz CT molecular complexity index is 647. The van der Waals surface area contributed by atoms with Crippen molar-refractivity contribution in [2.45, 2.75) is 52.1 Å². The predicted molar refractivity (Wildman–Crippen MR) is 103 cm³/mol. The molecule has 0 radical (unpaired) electrons. The second-order valence-electron chi connectivity index (χ2n) is 7.39. The fourth-order valence-corrected chi connectivity index (χ4v) is 3.50. The van der Waals surface area contributed by atoms with Gasteiger partial charge in [0.1, 0.15) is 0 Å². The molecule has 2 unspecified atom stereocenters. The van der Waals surface area contributed by atoms with Crippen LogP contribution in [0.1, 0.15) is 37.3 Å². The van der Waals surface area contributed by atoms with Crippen LogP contribution in [0.5, 0.6) is 0 Å². The highest BCUT2D eigenvalue weighted by atomic mass is 16.4. The Hall–Kier alpha value is -1.92. The molecule has 0 aromatic heterocycles. The lowest BCUT2D eigenvalue weighted by molar-refractivity contribution is -0.138. The molecular weight excluding hydrogens is 330 g/mol. The van der Waals surface area contributed by atoms with Crippen molar-refractivity contribution in [3.05, 3.63) is 29.3 Å². The second-order valence-corrected chi connectivity index (χ2v) is 7.39. The van der Waals surface area contributed by atoms with E-state index in [0.717, 1.165) is 43.6 Å². The normalized spacial score (nSPS) is 19.8. The quantitative estimate of drug-likeness (QED) is 0.814. The van der Waals surface area contributed by atoms with Crippen LogP contribution in [0, 0.1) is 13.8 Å². The van der Waals surface area contributed by atoms with Crippen molar-refractivity contribution >= 4 is 17.6 Å². The van der Waals surface area contributed by atoms with Crippen LogP contribution in [0.3, 0.4) is 0 Å². The monoisotopic (exact) mass is 361 g/mol. The van der Waals surface area contributed by atoms with Crippen LogP contribution in [0.2, 0.25) is 0 Å². The Balaban J connectivity index is 1.92. The van der Waals surface area contributed by atoms with Crippen molar-refractivity contribution in [3.8, 4) is 0 Å². The maximum atomic E-state index is 12.6. The van der Waals surface area contributed by atoms with Gasteiger partial charge in [-0.25, -0.2) is 0 Å². The van der Waals surface area contributed by atoms with Crippen molar-refractivity contribution in [3.63, 3.8) is 0 Å². The van der Waals surface area contributed by atoms with E-state index in [0.29, 0.717) is 0 Å². The summed E-state index contributed by atoms with van der Waals surface area (Å²) >= 11 is 0. The number of anilines is 1. The molecule has 1 heterocycles. The first-order valence-corrected chi connectivity index (χ1v) is 9.32. The number of aliphatic carboxylic acids is 1. The molecule has 1 aromatic carbocycles. The number of likely N-dealkylation sites (N-methyl/N-ethyl adjacent to an activating group) is 1. The fourth-order valence-electron chi connectivity index (χ4n) is 3.50. The summed E-state index contributed by atoms with van der Waals surface area (Å²) in [7, 11) is 1.87. The van der Waals surface area contributed by atoms with E-state index in [-0.39, 0.29) is 24.5 Å². The van der Waals surface area contributed by atoms with Gasteiger partial charge in [-0.05, 0) is 76.9 Å². The van der Waals surface area contributed by atoms with Gasteiger partial charge >= 0.3 is 5.97 Å². The number of hydrogen-bond acceptors (Lipinski definition) is 4.